The third kappa shape index (κ3) is 3.55. The maximum atomic E-state index is 2.52. The van der Waals surface area contributed by atoms with Gasteiger partial charge < -0.3 is 0 Å². The van der Waals surface area contributed by atoms with Crippen LogP contribution in [0, 0.1) is 0 Å². The molecule has 46 heavy (non-hydrogen) atoms. The van der Waals surface area contributed by atoms with Crippen LogP contribution in [0.4, 0.5) is 0 Å². The smallest absolute Gasteiger partial charge is 0.0434 e. The zero-order chi connectivity index (χ0) is 30.6. The molecule has 1 aromatic heterocycles. The lowest BCUT2D eigenvalue weighted by molar-refractivity contribution is 0.661. The maximum absolute atomic E-state index is 2.52. The van der Waals surface area contributed by atoms with E-state index >= 15 is 0 Å². The highest BCUT2D eigenvalue weighted by atomic mass is 32.1. The first kappa shape index (κ1) is 26.3. The summed E-state index contributed by atoms with van der Waals surface area (Å²) in [6.07, 6.45) is 6.91. The monoisotopic (exact) mass is 604 g/mol. The zero-order valence-corrected chi connectivity index (χ0v) is 26.8. The first-order valence-corrected chi connectivity index (χ1v) is 17.2. The Hall–Kier alpha value is -4.98. The van der Waals surface area contributed by atoms with E-state index in [1.54, 1.807) is 0 Å². The van der Waals surface area contributed by atoms with Crippen LogP contribution in [-0.4, -0.2) is 0 Å². The van der Waals surface area contributed by atoms with E-state index in [1.807, 2.05) is 11.3 Å². The van der Waals surface area contributed by atoms with Crippen molar-refractivity contribution >= 4 is 59.1 Å². The van der Waals surface area contributed by atoms with Crippen LogP contribution in [0.25, 0.3) is 81.2 Å². The van der Waals surface area contributed by atoms with Crippen LogP contribution in [0.3, 0.4) is 0 Å². The third-order valence-electron chi connectivity index (χ3n) is 10.7. The van der Waals surface area contributed by atoms with Gasteiger partial charge in [0.15, 0.2) is 0 Å². The summed E-state index contributed by atoms with van der Waals surface area (Å²) < 4.78 is 2.73. The van der Waals surface area contributed by atoms with E-state index in [1.165, 1.54) is 97.4 Å². The number of benzene rings is 7. The summed E-state index contributed by atoms with van der Waals surface area (Å²) in [6.45, 7) is 4.81. The number of rotatable bonds is 2. The predicted octanol–water partition coefficient (Wildman–Crippen LogP) is 13.0. The van der Waals surface area contributed by atoms with Crippen LogP contribution in [0.15, 0.2) is 127 Å². The Labute approximate surface area is 273 Å². The highest BCUT2D eigenvalue weighted by molar-refractivity contribution is 7.26. The predicted molar refractivity (Wildman–Crippen MR) is 200 cm³/mol. The summed E-state index contributed by atoms with van der Waals surface area (Å²) >= 11 is 1.93. The molecule has 8 aromatic rings. The molecule has 7 aromatic carbocycles. The molecule has 2 aliphatic rings. The van der Waals surface area contributed by atoms with Crippen LogP contribution in [0.5, 0.6) is 0 Å². The molecule has 0 radical (unpaired) electrons. The summed E-state index contributed by atoms with van der Waals surface area (Å²) in [7, 11) is 0. The Morgan fingerprint density at radius 3 is 2.11 bits per heavy atom. The molecule has 0 aliphatic heterocycles. The molecule has 0 fully saturated rings. The highest BCUT2D eigenvalue weighted by Gasteiger charge is 2.36. The number of hydrogen-bond acceptors (Lipinski definition) is 1. The normalized spacial score (nSPS) is 14.7. The van der Waals surface area contributed by atoms with E-state index in [9.17, 15) is 0 Å². The van der Waals surface area contributed by atoms with E-state index in [2.05, 4.69) is 147 Å². The van der Waals surface area contributed by atoms with Gasteiger partial charge in [0.1, 0.15) is 0 Å². The fraction of sp³-hybridized carbons (Fsp3) is 0.111. The van der Waals surface area contributed by atoms with Crippen LogP contribution in [-0.2, 0) is 11.8 Å². The molecular weight excluding hydrogens is 573 g/mol. The van der Waals surface area contributed by atoms with Gasteiger partial charge in [-0.15, -0.1) is 11.3 Å². The lowest BCUT2D eigenvalue weighted by Crippen LogP contribution is -2.15. The topological polar surface area (TPSA) is 0 Å². The first-order valence-electron chi connectivity index (χ1n) is 16.4. The van der Waals surface area contributed by atoms with Crippen molar-refractivity contribution in [3.63, 3.8) is 0 Å². The minimum Gasteiger partial charge on any atom is -0.135 e. The second-order valence-corrected chi connectivity index (χ2v) is 14.6. The molecule has 0 atom stereocenters. The van der Waals surface area contributed by atoms with Crippen LogP contribution in [0.1, 0.15) is 42.5 Å². The Kier molecular flexibility index (Phi) is 5.43. The van der Waals surface area contributed by atoms with Crippen LogP contribution >= 0.6 is 11.3 Å². The minimum atomic E-state index is -0.0722. The van der Waals surface area contributed by atoms with Gasteiger partial charge in [-0.05, 0) is 109 Å². The van der Waals surface area contributed by atoms with Crippen LogP contribution in [0.2, 0.25) is 0 Å². The van der Waals surface area contributed by atoms with Gasteiger partial charge >= 0.3 is 0 Å². The van der Waals surface area contributed by atoms with Crippen molar-refractivity contribution in [3.05, 3.63) is 150 Å². The van der Waals surface area contributed by atoms with E-state index in [-0.39, 0.29) is 5.41 Å². The van der Waals surface area contributed by atoms with E-state index in [0.717, 1.165) is 12.8 Å². The number of hydrogen-bond donors (Lipinski definition) is 0. The van der Waals surface area contributed by atoms with Gasteiger partial charge in [-0.3, -0.25) is 0 Å². The molecule has 0 spiro atoms. The van der Waals surface area contributed by atoms with Gasteiger partial charge in [0.2, 0.25) is 0 Å². The quantitative estimate of drug-likeness (QED) is 0.184. The van der Waals surface area contributed by atoms with Crippen molar-refractivity contribution in [2.24, 2.45) is 0 Å². The number of allylic oxidation sites excluding steroid dienone is 1. The highest BCUT2D eigenvalue weighted by Crippen LogP contribution is 2.53. The standard InChI is InChI=1S/C45H32S/c1-45(2)39-26-29(22-23-30(39)38-24-27-12-3-4-13-28(27)25-40(38)45)42-32-15-5-7-17-34(32)43(35-18-8-6-16-33(35)42)37-20-11-19-36-31-14-9-10-21-41(31)46-44(36)37/h3-5,7-15,17-26H,6,16H2,1-2H3. The average molecular weight is 605 g/mol. The SMILES string of the molecule is CC1(C)c2cc(-c3c4c(c(-c5cccc6c5sc5ccccc56)c5ccccc35)C=CCC4)ccc2-c2cc3ccccc3cc21. The third-order valence-corrected chi connectivity index (χ3v) is 11.9. The molecule has 218 valence electrons. The molecule has 0 nitrogen and oxygen atoms in total. The molecule has 0 unspecified atom stereocenters. The fourth-order valence-corrected chi connectivity index (χ4v) is 9.75. The Morgan fingerprint density at radius 2 is 1.26 bits per heavy atom. The molecule has 10 rings (SSSR count). The Balaban J connectivity index is 1.24. The Morgan fingerprint density at radius 1 is 0.565 bits per heavy atom. The lowest BCUT2D eigenvalue weighted by Gasteiger charge is -2.25. The molecule has 0 bridgehead atoms. The molecule has 0 saturated heterocycles. The molecule has 1 heteroatoms. The molecule has 0 saturated carbocycles. The van der Waals surface area contributed by atoms with E-state index in [4.69, 9.17) is 0 Å². The second kappa shape index (κ2) is 9.52. The molecule has 0 N–H and O–H groups in total. The molecule has 2 aliphatic carbocycles. The maximum Gasteiger partial charge on any atom is 0.0434 e. The first-order chi connectivity index (χ1) is 22.6. The van der Waals surface area contributed by atoms with Crippen molar-refractivity contribution in [2.75, 3.05) is 0 Å². The van der Waals surface area contributed by atoms with E-state index in [0.29, 0.717) is 0 Å². The summed E-state index contributed by atoms with van der Waals surface area (Å²) in [5, 5.41) is 8.02. The van der Waals surface area contributed by atoms with E-state index < -0.39 is 0 Å². The Bertz CT molecular complexity index is 2610. The summed E-state index contributed by atoms with van der Waals surface area (Å²) in [6, 6.07) is 45.8. The average Bonchev–Trinajstić information content (AvgIpc) is 3.58. The number of thiophene rings is 1. The van der Waals surface area contributed by atoms with Crippen molar-refractivity contribution in [1.82, 2.24) is 0 Å². The van der Waals surface area contributed by atoms with Crippen molar-refractivity contribution < 1.29 is 0 Å². The van der Waals surface area contributed by atoms with Gasteiger partial charge in [0.25, 0.3) is 0 Å². The minimum absolute atomic E-state index is 0.0722. The molecule has 0 amide bonds. The largest absolute Gasteiger partial charge is 0.135 e. The van der Waals surface area contributed by atoms with Crippen LogP contribution < -0.4 is 0 Å². The van der Waals surface area contributed by atoms with Gasteiger partial charge in [-0.1, -0.05) is 123 Å². The van der Waals surface area contributed by atoms with Gasteiger partial charge in [-0.25, -0.2) is 0 Å². The second-order valence-electron chi connectivity index (χ2n) is 13.5. The molecule has 1 heterocycles. The number of fused-ring (bicyclic) bond motifs is 9. The summed E-state index contributed by atoms with van der Waals surface area (Å²) in [4.78, 5) is 0. The van der Waals surface area contributed by atoms with Gasteiger partial charge in [0.05, 0.1) is 0 Å². The fourth-order valence-electron chi connectivity index (χ4n) is 8.53. The zero-order valence-electron chi connectivity index (χ0n) is 26.0. The molecular formula is C45H32S. The summed E-state index contributed by atoms with van der Waals surface area (Å²) in [5.74, 6) is 0. The van der Waals surface area contributed by atoms with Gasteiger partial charge in [-0.2, -0.15) is 0 Å². The van der Waals surface area contributed by atoms with Crippen molar-refractivity contribution in [1.29, 1.82) is 0 Å². The lowest BCUT2D eigenvalue weighted by atomic mass is 9.78. The van der Waals surface area contributed by atoms with Crippen molar-refractivity contribution in [2.45, 2.75) is 32.1 Å². The van der Waals surface area contributed by atoms with Gasteiger partial charge in [0, 0.05) is 31.2 Å². The summed E-state index contributed by atoms with van der Waals surface area (Å²) in [5.41, 5.74) is 13.9. The van der Waals surface area contributed by atoms with Crippen molar-refractivity contribution in [3.8, 4) is 33.4 Å².